The van der Waals surface area contributed by atoms with E-state index in [4.69, 9.17) is 19.5 Å². The Morgan fingerprint density at radius 1 is 0.984 bits per heavy atom. The Bertz CT molecular complexity index is 2010. The summed E-state index contributed by atoms with van der Waals surface area (Å²) >= 11 is 1.10. The SMILES string of the molecule is CCCCCC(O)C/C=C/CCCCC(=O)SCCNC(=O)CCNC(=O)C(O)C(C)(C)COP(=O)(O)OP(=O)(O)OCC1OC(n2cnc3c(N)ncnc32)C(O)C1OP(=O)(O)O. The van der Waals surface area contributed by atoms with Gasteiger partial charge in [0.15, 0.2) is 22.8 Å². The molecule has 0 radical (unpaired) electrons. The molecule has 364 valence electrons. The number of phosphoric acid groups is 3. The van der Waals surface area contributed by atoms with Crippen LogP contribution in [-0.4, -0.2) is 134 Å². The van der Waals surface area contributed by atoms with Gasteiger partial charge in [-0.1, -0.05) is 63.9 Å². The summed E-state index contributed by atoms with van der Waals surface area (Å²) < 4.78 is 62.3. The first-order chi connectivity index (χ1) is 29.9. The number of rotatable bonds is 30. The summed E-state index contributed by atoms with van der Waals surface area (Å²) in [5.41, 5.74) is 4.26. The highest BCUT2D eigenvalue weighted by atomic mass is 32.2. The predicted octanol–water partition coefficient (Wildman–Crippen LogP) is 2.11. The summed E-state index contributed by atoms with van der Waals surface area (Å²) in [7, 11) is -16.4. The third-order valence-corrected chi connectivity index (χ3v) is 13.5. The molecule has 0 saturated carbocycles. The van der Waals surface area contributed by atoms with Crippen molar-refractivity contribution in [1.29, 1.82) is 0 Å². The minimum absolute atomic E-state index is 0.00139. The second-order valence-electron chi connectivity index (χ2n) is 15.4. The first kappa shape index (κ1) is 55.6. The maximum Gasteiger partial charge on any atom is 0.481 e. The lowest BCUT2D eigenvalue weighted by atomic mass is 9.87. The van der Waals surface area contributed by atoms with E-state index in [1.54, 1.807) is 0 Å². The molecule has 8 atom stereocenters. The molecule has 0 aliphatic carbocycles. The van der Waals surface area contributed by atoms with Crippen LogP contribution < -0.4 is 16.4 Å². The van der Waals surface area contributed by atoms with E-state index in [1.807, 2.05) is 12.2 Å². The van der Waals surface area contributed by atoms with Gasteiger partial charge in [-0.2, -0.15) is 4.31 Å². The molecule has 1 fully saturated rings. The lowest BCUT2D eigenvalue weighted by molar-refractivity contribution is -0.137. The number of thioether (sulfide) groups is 1. The number of hydrogen-bond donors (Lipinski definition) is 10. The zero-order chi connectivity index (χ0) is 47.7. The van der Waals surface area contributed by atoms with E-state index in [9.17, 15) is 63.0 Å². The number of amides is 2. The normalized spacial score (nSPS) is 21.1. The monoisotopic (exact) mass is 991 g/mol. The van der Waals surface area contributed by atoms with E-state index in [-0.39, 0.29) is 47.7 Å². The molecule has 11 N–H and O–H groups in total. The number of unbranched alkanes of at least 4 members (excludes halogenated alkanes) is 4. The number of aliphatic hydroxyl groups is 3. The fraction of sp³-hybridized carbons (Fsp3) is 0.714. The van der Waals surface area contributed by atoms with E-state index < -0.39 is 84.6 Å². The van der Waals surface area contributed by atoms with Crippen LogP contribution in [0.1, 0.15) is 91.2 Å². The molecule has 0 aromatic carbocycles. The minimum atomic E-state index is -5.58. The smallest absolute Gasteiger partial charge is 0.393 e. The van der Waals surface area contributed by atoms with Crippen LogP contribution in [0.4, 0.5) is 5.82 Å². The van der Waals surface area contributed by atoms with E-state index in [2.05, 4.69) is 41.3 Å². The molecule has 3 rings (SSSR count). The lowest BCUT2D eigenvalue weighted by Crippen LogP contribution is -2.46. The van der Waals surface area contributed by atoms with Crippen LogP contribution in [0, 0.1) is 5.41 Å². The highest BCUT2D eigenvalue weighted by molar-refractivity contribution is 8.13. The Morgan fingerprint density at radius 2 is 1.70 bits per heavy atom. The van der Waals surface area contributed by atoms with Crippen molar-refractivity contribution in [2.24, 2.45) is 5.41 Å². The standard InChI is InChI=1S/C35H60N7O18P3S/c1-4-5-9-12-23(43)13-10-7-6-8-11-14-26(45)64-18-17-37-25(44)15-16-38-33(48)30(47)35(2,3)20-57-63(54,55)60-62(52,53)56-19-24-29(59-61(49,50)51)28(46)34(58-24)42-22-41-27-31(36)39-21-40-32(27)42/h7,10,21-24,28-30,34,43,46-47H,4-6,8-9,11-20H2,1-3H3,(H,37,44)(H,38,48)(H,52,53)(H,54,55)(H2,36,39,40)(H2,49,50,51)/b10-7+. The van der Waals surface area contributed by atoms with Crippen LogP contribution in [0.15, 0.2) is 24.8 Å². The van der Waals surface area contributed by atoms with Gasteiger partial charge < -0.3 is 56.0 Å². The molecule has 0 spiro atoms. The summed E-state index contributed by atoms with van der Waals surface area (Å²) in [5.74, 6) is -1.11. The minimum Gasteiger partial charge on any atom is -0.393 e. The van der Waals surface area contributed by atoms with Crippen molar-refractivity contribution in [1.82, 2.24) is 30.2 Å². The summed E-state index contributed by atoms with van der Waals surface area (Å²) in [6.07, 6.45) is 4.19. The summed E-state index contributed by atoms with van der Waals surface area (Å²) in [6, 6.07) is 0. The number of carbonyl (C=O) groups is 3. The van der Waals surface area contributed by atoms with Crippen molar-refractivity contribution >= 4 is 69.1 Å². The molecule has 3 heterocycles. The van der Waals surface area contributed by atoms with Gasteiger partial charge in [-0.25, -0.2) is 28.6 Å². The van der Waals surface area contributed by atoms with Crippen LogP contribution in [0.3, 0.4) is 0 Å². The highest BCUT2D eigenvalue weighted by Gasteiger charge is 2.50. The predicted molar refractivity (Wildman–Crippen MR) is 229 cm³/mol. The van der Waals surface area contributed by atoms with Gasteiger partial charge >= 0.3 is 23.5 Å². The second kappa shape index (κ2) is 26.0. The van der Waals surface area contributed by atoms with Crippen molar-refractivity contribution in [3.8, 4) is 0 Å². The largest absolute Gasteiger partial charge is 0.481 e. The van der Waals surface area contributed by atoms with Crippen molar-refractivity contribution in [3.63, 3.8) is 0 Å². The number of allylic oxidation sites excluding steroid dienone is 1. The number of nitrogens with two attached hydrogens (primary N) is 1. The molecule has 29 heteroatoms. The molecule has 2 aromatic heterocycles. The van der Waals surface area contributed by atoms with Gasteiger partial charge in [-0.15, -0.1) is 0 Å². The first-order valence-electron chi connectivity index (χ1n) is 20.3. The van der Waals surface area contributed by atoms with Crippen LogP contribution >= 0.6 is 35.2 Å². The Hall–Kier alpha value is -2.74. The molecule has 25 nitrogen and oxygen atoms in total. The molecule has 64 heavy (non-hydrogen) atoms. The summed E-state index contributed by atoms with van der Waals surface area (Å²) in [5, 5.41) is 36.4. The zero-order valence-electron chi connectivity index (χ0n) is 35.6. The van der Waals surface area contributed by atoms with E-state index in [0.29, 0.717) is 18.6 Å². The molecular weight excluding hydrogens is 931 g/mol. The molecule has 2 aromatic rings. The fourth-order valence-electron chi connectivity index (χ4n) is 6.02. The molecule has 1 aliphatic heterocycles. The van der Waals surface area contributed by atoms with Gasteiger partial charge in [0.05, 0.1) is 25.6 Å². The number of hydrogen-bond acceptors (Lipinski definition) is 19. The molecule has 8 unspecified atom stereocenters. The van der Waals surface area contributed by atoms with E-state index in [1.165, 1.54) is 13.8 Å². The number of nitrogens with one attached hydrogen (secondary N) is 2. The second-order valence-corrected chi connectivity index (χ2v) is 20.8. The number of aromatic nitrogens is 4. The molecule has 1 saturated heterocycles. The fourth-order valence-corrected chi connectivity index (χ4v) is 9.57. The molecule has 0 bridgehead atoms. The van der Waals surface area contributed by atoms with Crippen molar-refractivity contribution in [3.05, 3.63) is 24.8 Å². The van der Waals surface area contributed by atoms with Gasteiger partial charge in [0.25, 0.3) is 0 Å². The van der Waals surface area contributed by atoms with E-state index >= 15 is 0 Å². The number of nitrogen functional groups attached to an aromatic ring is 1. The topological polar surface area (TPSA) is 384 Å². The first-order valence-corrected chi connectivity index (χ1v) is 25.8. The van der Waals surface area contributed by atoms with Crippen molar-refractivity contribution in [2.75, 3.05) is 37.8 Å². The quantitative estimate of drug-likeness (QED) is 0.0304. The third-order valence-electron chi connectivity index (χ3n) is 9.48. The number of ether oxygens (including phenoxy) is 1. The maximum absolute atomic E-state index is 12.7. The van der Waals surface area contributed by atoms with Gasteiger partial charge in [0.2, 0.25) is 11.8 Å². The Morgan fingerprint density at radius 3 is 2.41 bits per heavy atom. The van der Waals surface area contributed by atoms with Gasteiger partial charge in [-0.05, 0) is 32.1 Å². The van der Waals surface area contributed by atoms with Gasteiger partial charge in [0.1, 0.15) is 36.3 Å². The number of anilines is 1. The van der Waals surface area contributed by atoms with Gasteiger partial charge in [-0.3, -0.25) is 32.5 Å². The average molecular weight is 992 g/mol. The van der Waals surface area contributed by atoms with Crippen molar-refractivity contribution < 1.29 is 85.6 Å². The zero-order valence-corrected chi connectivity index (χ0v) is 39.1. The molecular formula is C35H60N7O18P3S. The number of carbonyl (C=O) groups excluding carboxylic acids is 3. The number of nitrogens with zero attached hydrogens (tertiary/aromatic N) is 4. The van der Waals surface area contributed by atoms with Gasteiger partial charge in [0, 0.05) is 37.1 Å². The maximum atomic E-state index is 12.7. The number of fused-ring (bicyclic) bond motifs is 1. The van der Waals surface area contributed by atoms with Crippen LogP contribution in [-0.2, 0) is 50.7 Å². The number of imidazole rings is 1. The highest BCUT2D eigenvalue weighted by Crippen LogP contribution is 2.61. The van der Waals surface area contributed by atoms with Crippen molar-refractivity contribution in [2.45, 2.75) is 122 Å². The average Bonchev–Trinajstić information content (AvgIpc) is 3.77. The van der Waals surface area contributed by atoms with Crippen LogP contribution in [0.2, 0.25) is 0 Å². The van der Waals surface area contributed by atoms with Crippen LogP contribution in [0.25, 0.3) is 11.2 Å². The molecule has 1 aliphatic rings. The Labute approximate surface area is 373 Å². The van der Waals surface area contributed by atoms with E-state index in [0.717, 1.165) is 73.9 Å². The summed E-state index contributed by atoms with van der Waals surface area (Å²) in [6.45, 7) is 2.60. The van der Waals surface area contributed by atoms with Crippen LogP contribution in [0.5, 0.6) is 0 Å². The number of phosphoric ester groups is 3. The lowest BCUT2D eigenvalue weighted by Gasteiger charge is -2.30. The third kappa shape index (κ3) is 19.2. The number of aliphatic hydroxyl groups excluding tert-OH is 3. The Balaban J connectivity index is 1.36. The molecule has 2 amide bonds. The Kier molecular flexibility index (Phi) is 22.6. The summed E-state index contributed by atoms with van der Waals surface area (Å²) in [4.78, 5) is 88.1.